The SMILES string of the molecule is O=C(c1c(F)cccc1Cl)c1csc2ccccc12. The van der Waals surface area contributed by atoms with Gasteiger partial charge < -0.3 is 0 Å². The molecule has 0 bridgehead atoms. The van der Waals surface area contributed by atoms with Crippen molar-refractivity contribution in [1.82, 2.24) is 0 Å². The molecule has 0 saturated heterocycles. The summed E-state index contributed by atoms with van der Waals surface area (Å²) in [5.41, 5.74) is 0.431. The number of hydrogen-bond acceptors (Lipinski definition) is 2. The number of rotatable bonds is 2. The minimum Gasteiger partial charge on any atom is -0.288 e. The molecule has 94 valence electrons. The molecule has 1 aromatic heterocycles. The minimum absolute atomic E-state index is 0.0623. The van der Waals surface area contributed by atoms with Crippen LogP contribution in [-0.2, 0) is 0 Å². The Morgan fingerprint density at radius 2 is 1.89 bits per heavy atom. The molecular formula is C15H8ClFOS. The van der Waals surface area contributed by atoms with Crippen LogP contribution in [0.5, 0.6) is 0 Å². The van der Waals surface area contributed by atoms with E-state index in [1.165, 1.54) is 29.5 Å². The number of ketones is 1. The van der Waals surface area contributed by atoms with Crippen LogP contribution in [0.1, 0.15) is 15.9 Å². The standard InChI is InChI=1S/C15H8ClFOS/c16-11-5-3-6-12(17)14(11)15(18)10-8-19-13-7-2-1-4-9(10)13/h1-8H. The second-order valence-electron chi connectivity index (χ2n) is 4.07. The number of benzene rings is 2. The van der Waals surface area contributed by atoms with Gasteiger partial charge in [-0.3, -0.25) is 4.79 Å². The Hall–Kier alpha value is -1.71. The summed E-state index contributed by atoms with van der Waals surface area (Å²) in [7, 11) is 0. The molecule has 0 fully saturated rings. The van der Waals surface area contributed by atoms with E-state index in [4.69, 9.17) is 11.6 Å². The highest BCUT2D eigenvalue weighted by atomic mass is 35.5. The van der Waals surface area contributed by atoms with E-state index in [9.17, 15) is 9.18 Å². The first-order valence-electron chi connectivity index (χ1n) is 5.63. The molecule has 0 aliphatic carbocycles. The fraction of sp³-hybridized carbons (Fsp3) is 0. The molecular weight excluding hydrogens is 283 g/mol. The summed E-state index contributed by atoms with van der Waals surface area (Å²) >= 11 is 7.40. The molecule has 19 heavy (non-hydrogen) atoms. The third-order valence-electron chi connectivity index (χ3n) is 2.92. The molecule has 0 spiro atoms. The third kappa shape index (κ3) is 2.05. The predicted molar refractivity (Wildman–Crippen MR) is 76.7 cm³/mol. The van der Waals surface area contributed by atoms with Gasteiger partial charge in [-0.05, 0) is 18.2 Å². The fourth-order valence-electron chi connectivity index (χ4n) is 2.00. The van der Waals surface area contributed by atoms with E-state index in [0.717, 1.165) is 10.1 Å². The first-order valence-corrected chi connectivity index (χ1v) is 6.89. The summed E-state index contributed by atoms with van der Waals surface area (Å²) in [5, 5.41) is 2.72. The number of thiophene rings is 1. The first kappa shape index (κ1) is 12.3. The zero-order valence-electron chi connectivity index (χ0n) is 9.69. The Morgan fingerprint density at radius 3 is 2.68 bits per heavy atom. The Morgan fingerprint density at radius 1 is 1.11 bits per heavy atom. The second-order valence-corrected chi connectivity index (χ2v) is 5.39. The van der Waals surface area contributed by atoms with E-state index in [2.05, 4.69) is 0 Å². The number of halogens is 2. The van der Waals surface area contributed by atoms with Crippen molar-refractivity contribution in [3.8, 4) is 0 Å². The topological polar surface area (TPSA) is 17.1 Å². The monoisotopic (exact) mass is 290 g/mol. The highest BCUT2D eigenvalue weighted by Gasteiger charge is 2.20. The van der Waals surface area contributed by atoms with Gasteiger partial charge >= 0.3 is 0 Å². The average molecular weight is 291 g/mol. The molecule has 1 heterocycles. The fourth-order valence-corrected chi connectivity index (χ4v) is 3.19. The van der Waals surface area contributed by atoms with Crippen LogP contribution in [0.15, 0.2) is 47.8 Å². The molecule has 0 aliphatic rings. The lowest BCUT2D eigenvalue weighted by atomic mass is 10.0. The Kier molecular flexibility index (Phi) is 3.09. The van der Waals surface area contributed by atoms with Gasteiger partial charge in [-0.15, -0.1) is 11.3 Å². The van der Waals surface area contributed by atoms with E-state index in [1.807, 2.05) is 24.3 Å². The molecule has 3 aromatic rings. The van der Waals surface area contributed by atoms with E-state index in [-0.39, 0.29) is 16.4 Å². The molecule has 0 unspecified atom stereocenters. The van der Waals surface area contributed by atoms with Gasteiger partial charge in [0.1, 0.15) is 5.82 Å². The zero-order chi connectivity index (χ0) is 13.4. The molecule has 3 rings (SSSR count). The lowest BCUT2D eigenvalue weighted by Crippen LogP contribution is -2.04. The zero-order valence-corrected chi connectivity index (χ0v) is 11.3. The van der Waals surface area contributed by atoms with Crippen molar-refractivity contribution in [2.45, 2.75) is 0 Å². The lowest BCUT2D eigenvalue weighted by Gasteiger charge is -2.04. The summed E-state index contributed by atoms with van der Waals surface area (Å²) in [4.78, 5) is 12.4. The van der Waals surface area contributed by atoms with Crippen molar-refractivity contribution in [3.05, 3.63) is 69.8 Å². The van der Waals surface area contributed by atoms with E-state index < -0.39 is 5.82 Å². The summed E-state index contributed by atoms with van der Waals surface area (Å²) < 4.78 is 14.8. The number of fused-ring (bicyclic) bond motifs is 1. The van der Waals surface area contributed by atoms with Crippen molar-refractivity contribution in [2.24, 2.45) is 0 Å². The smallest absolute Gasteiger partial charge is 0.198 e. The summed E-state index contributed by atoms with van der Waals surface area (Å²) in [6, 6.07) is 11.8. The van der Waals surface area contributed by atoms with Crippen molar-refractivity contribution in [3.63, 3.8) is 0 Å². The second kappa shape index (κ2) is 4.76. The van der Waals surface area contributed by atoms with Crippen LogP contribution in [0.4, 0.5) is 4.39 Å². The van der Waals surface area contributed by atoms with Crippen LogP contribution in [0.25, 0.3) is 10.1 Å². The van der Waals surface area contributed by atoms with E-state index in [1.54, 1.807) is 5.38 Å². The van der Waals surface area contributed by atoms with Crippen LogP contribution >= 0.6 is 22.9 Å². The lowest BCUT2D eigenvalue weighted by molar-refractivity contribution is 0.103. The van der Waals surface area contributed by atoms with Gasteiger partial charge in [-0.2, -0.15) is 0 Å². The highest BCUT2D eigenvalue weighted by Crippen LogP contribution is 2.30. The van der Waals surface area contributed by atoms with E-state index >= 15 is 0 Å². The minimum atomic E-state index is -0.590. The van der Waals surface area contributed by atoms with Gasteiger partial charge in [-0.25, -0.2) is 4.39 Å². The number of carbonyl (C=O) groups excluding carboxylic acids is 1. The third-order valence-corrected chi connectivity index (χ3v) is 4.19. The molecule has 0 atom stereocenters. The maximum absolute atomic E-state index is 13.8. The molecule has 4 heteroatoms. The van der Waals surface area contributed by atoms with Crippen LogP contribution in [0.3, 0.4) is 0 Å². The maximum atomic E-state index is 13.8. The van der Waals surface area contributed by atoms with Crippen LogP contribution < -0.4 is 0 Å². The van der Waals surface area contributed by atoms with Gasteiger partial charge in [0.25, 0.3) is 0 Å². The molecule has 0 N–H and O–H groups in total. The van der Waals surface area contributed by atoms with Crippen molar-refractivity contribution in [1.29, 1.82) is 0 Å². The van der Waals surface area contributed by atoms with Crippen LogP contribution in [-0.4, -0.2) is 5.78 Å². The largest absolute Gasteiger partial charge is 0.288 e. The molecule has 0 radical (unpaired) electrons. The summed E-state index contributed by atoms with van der Waals surface area (Å²) in [6.07, 6.45) is 0. The van der Waals surface area contributed by atoms with Gasteiger partial charge in [0, 0.05) is 21.0 Å². The predicted octanol–water partition coefficient (Wildman–Crippen LogP) is 4.92. The number of carbonyl (C=O) groups is 1. The normalized spacial score (nSPS) is 10.8. The van der Waals surface area contributed by atoms with Gasteiger partial charge in [-0.1, -0.05) is 35.9 Å². The van der Waals surface area contributed by atoms with Gasteiger partial charge in [0.15, 0.2) is 5.78 Å². The average Bonchev–Trinajstić information content (AvgIpc) is 2.82. The van der Waals surface area contributed by atoms with Crippen molar-refractivity contribution >= 4 is 38.8 Å². The van der Waals surface area contributed by atoms with E-state index in [0.29, 0.717) is 5.56 Å². The summed E-state index contributed by atoms with van der Waals surface area (Å²) in [6.45, 7) is 0. The molecule has 0 saturated carbocycles. The number of hydrogen-bond donors (Lipinski definition) is 0. The van der Waals surface area contributed by atoms with Gasteiger partial charge in [0.2, 0.25) is 0 Å². The summed E-state index contributed by atoms with van der Waals surface area (Å²) in [5.74, 6) is -0.965. The maximum Gasteiger partial charge on any atom is 0.198 e. The molecule has 0 aliphatic heterocycles. The molecule has 1 nitrogen and oxygen atoms in total. The highest BCUT2D eigenvalue weighted by molar-refractivity contribution is 7.17. The molecule has 2 aromatic carbocycles. The van der Waals surface area contributed by atoms with Crippen molar-refractivity contribution in [2.75, 3.05) is 0 Å². The first-order chi connectivity index (χ1) is 9.18. The Balaban J connectivity index is 2.20. The van der Waals surface area contributed by atoms with Crippen LogP contribution in [0.2, 0.25) is 5.02 Å². The Bertz CT molecular complexity index is 758. The van der Waals surface area contributed by atoms with Crippen molar-refractivity contribution < 1.29 is 9.18 Å². The molecule has 0 amide bonds. The van der Waals surface area contributed by atoms with Crippen LogP contribution in [0, 0.1) is 5.82 Å². The quantitative estimate of drug-likeness (QED) is 0.612. The Labute approximate surface area is 118 Å². The van der Waals surface area contributed by atoms with Gasteiger partial charge in [0.05, 0.1) is 10.6 Å².